The van der Waals surface area contributed by atoms with Crippen LogP contribution in [0, 0.1) is 6.92 Å². The van der Waals surface area contributed by atoms with Crippen LogP contribution >= 0.6 is 0 Å². The minimum absolute atomic E-state index is 0.0551. The van der Waals surface area contributed by atoms with Crippen molar-refractivity contribution in [3.63, 3.8) is 0 Å². The second-order valence-electron chi connectivity index (χ2n) is 7.56. The summed E-state index contributed by atoms with van der Waals surface area (Å²) in [7, 11) is 0. The number of aromatic nitrogens is 4. The summed E-state index contributed by atoms with van der Waals surface area (Å²) in [4.78, 5) is 23.7. The molecule has 2 aliphatic heterocycles. The highest BCUT2D eigenvalue weighted by atomic mass is 16.2. The van der Waals surface area contributed by atoms with E-state index in [2.05, 4.69) is 38.9 Å². The van der Waals surface area contributed by atoms with Crippen molar-refractivity contribution in [2.75, 3.05) is 13.1 Å². The smallest absolute Gasteiger partial charge is 0.257 e. The lowest BCUT2D eigenvalue weighted by atomic mass is 10.0. The summed E-state index contributed by atoms with van der Waals surface area (Å²) < 4.78 is 2.17. The van der Waals surface area contributed by atoms with Gasteiger partial charge in [0.25, 0.3) is 5.91 Å². The van der Waals surface area contributed by atoms with Crippen molar-refractivity contribution in [3.8, 4) is 0 Å². The number of aryl methyl sites for hydroxylation is 1. The van der Waals surface area contributed by atoms with Crippen LogP contribution in [0.15, 0.2) is 12.4 Å². The normalized spacial score (nSPS) is 17.8. The van der Waals surface area contributed by atoms with Gasteiger partial charge in [0.15, 0.2) is 0 Å². The molecule has 0 aliphatic carbocycles. The molecule has 1 amide bonds. The van der Waals surface area contributed by atoms with Crippen molar-refractivity contribution in [1.29, 1.82) is 0 Å². The quantitative estimate of drug-likeness (QED) is 0.914. The summed E-state index contributed by atoms with van der Waals surface area (Å²) in [6.45, 7) is 9.30. The monoisotopic (exact) mass is 354 g/mol. The van der Waals surface area contributed by atoms with Gasteiger partial charge in [-0.15, -0.1) is 0 Å². The van der Waals surface area contributed by atoms with Crippen LogP contribution in [-0.4, -0.2) is 43.6 Å². The third-order valence-corrected chi connectivity index (χ3v) is 5.41. The zero-order valence-corrected chi connectivity index (χ0v) is 15.7. The predicted octanol–water partition coefficient (Wildman–Crippen LogP) is 2.19. The zero-order chi connectivity index (χ0) is 18.3. The van der Waals surface area contributed by atoms with Crippen LogP contribution < -0.4 is 5.32 Å². The minimum Gasteiger partial charge on any atom is -0.338 e. The number of hydrogen-bond donors (Lipinski definition) is 1. The van der Waals surface area contributed by atoms with Gasteiger partial charge in [0, 0.05) is 37.9 Å². The summed E-state index contributed by atoms with van der Waals surface area (Å²) in [5, 5.41) is 7.97. The Labute approximate surface area is 153 Å². The number of nitrogens with zero attached hydrogens (tertiary/aromatic N) is 5. The summed E-state index contributed by atoms with van der Waals surface area (Å²) in [5.74, 6) is 0.969. The highest BCUT2D eigenvalue weighted by Crippen LogP contribution is 2.28. The lowest BCUT2D eigenvalue weighted by Crippen LogP contribution is -2.40. The molecule has 0 bridgehead atoms. The topological polar surface area (TPSA) is 75.9 Å². The number of fused-ring (bicyclic) bond motifs is 1. The van der Waals surface area contributed by atoms with Crippen molar-refractivity contribution in [2.45, 2.75) is 58.7 Å². The van der Waals surface area contributed by atoms with E-state index in [4.69, 9.17) is 0 Å². The standard InChI is InChI=1S/C19H26N6O/c1-12(2)18-16(10-21-13(3)23-18)19(26)24-6-4-15(5-7-24)25-17-11-20-8-14(17)9-22-25/h9-10,12,15,20H,4-8,11H2,1-3H3. The predicted molar refractivity (Wildman–Crippen MR) is 97.8 cm³/mol. The van der Waals surface area contributed by atoms with Gasteiger partial charge in [-0.05, 0) is 25.7 Å². The average molecular weight is 354 g/mol. The van der Waals surface area contributed by atoms with E-state index in [1.165, 1.54) is 11.3 Å². The van der Waals surface area contributed by atoms with Crippen LogP contribution in [-0.2, 0) is 13.1 Å². The molecule has 2 aromatic heterocycles. The van der Waals surface area contributed by atoms with E-state index in [9.17, 15) is 4.79 Å². The fourth-order valence-electron chi connectivity index (χ4n) is 3.97. The Morgan fingerprint density at radius 1 is 1.23 bits per heavy atom. The van der Waals surface area contributed by atoms with Gasteiger partial charge in [0.1, 0.15) is 5.82 Å². The van der Waals surface area contributed by atoms with Crippen LogP contribution in [0.1, 0.15) is 71.8 Å². The number of piperidine rings is 1. The van der Waals surface area contributed by atoms with Gasteiger partial charge in [-0.3, -0.25) is 9.48 Å². The molecule has 1 saturated heterocycles. The van der Waals surface area contributed by atoms with Gasteiger partial charge >= 0.3 is 0 Å². The maximum Gasteiger partial charge on any atom is 0.257 e. The molecule has 1 fully saturated rings. The van der Waals surface area contributed by atoms with E-state index in [1.807, 2.05) is 18.0 Å². The summed E-state index contributed by atoms with van der Waals surface area (Å²) >= 11 is 0. The molecule has 2 aromatic rings. The molecule has 4 rings (SSSR count). The van der Waals surface area contributed by atoms with Crippen LogP contribution in [0.2, 0.25) is 0 Å². The van der Waals surface area contributed by atoms with Gasteiger partial charge in [0.2, 0.25) is 0 Å². The lowest BCUT2D eigenvalue weighted by molar-refractivity contribution is 0.0686. The van der Waals surface area contributed by atoms with Crippen LogP contribution in [0.4, 0.5) is 0 Å². The first-order valence-electron chi connectivity index (χ1n) is 9.43. The molecule has 4 heterocycles. The highest BCUT2D eigenvalue weighted by Gasteiger charge is 2.29. The average Bonchev–Trinajstić information content (AvgIpc) is 3.25. The molecular formula is C19H26N6O. The van der Waals surface area contributed by atoms with Crippen molar-refractivity contribution >= 4 is 5.91 Å². The number of amides is 1. The van der Waals surface area contributed by atoms with Crippen LogP contribution in [0.5, 0.6) is 0 Å². The highest BCUT2D eigenvalue weighted by molar-refractivity contribution is 5.95. The molecule has 0 unspecified atom stereocenters. The fraction of sp³-hybridized carbons (Fsp3) is 0.579. The third kappa shape index (κ3) is 3.00. The maximum absolute atomic E-state index is 13.0. The molecule has 26 heavy (non-hydrogen) atoms. The maximum atomic E-state index is 13.0. The van der Waals surface area contributed by atoms with E-state index in [-0.39, 0.29) is 11.8 Å². The molecule has 1 N–H and O–H groups in total. The Morgan fingerprint density at radius 2 is 2.00 bits per heavy atom. The van der Waals surface area contributed by atoms with E-state index in [0.717, 1.165) is 44.7 Å². The first-order chi connectivity index (χ1) is 12.5. The van der Waals surface area contributed by atoms with E-state index in [1.54, 1.807) is 6.20 Å². The number of hydrogen-bond acceptors (Lipinski definition) is 5. The van der Waals surface area contributed by atoms with Crippen LogP contribution in [0.25, 0.3) is 0 Å². The molecule has 0 radical (unpaired) electrons. The molecule has 2 aliphatic rings. The van der Waals surface area contributed by atoms with Gasteiger partial charge in [-0.2, -0.15) is 5.10 Å². The summed E-state index contributed by atoms with van der Waals surface area (Å²) in [6.07, 6.45) is 5.54. The first kappa shape index (κ1) is 17.1. The van der Waals surface area contributed by atoms with Gasteiger partial charge in [-0.1, -0.05) is 13.8 Å². The number of likely N-dealkylation sites (tertiary alicyclic amines) is 1. The largest absolute Gasteiger partial charge is 0.338 e. The van der Waals surface area contributed by atoms with Crippen molar-refractivity contribution in [3.05, 3.63) is 40.7 Å². The Hall–Kier alpha value is -2.28. The molecular weight excluding hydrogens is 328 g/mol. The lowest BCUT2D eigenvalue weighted by Gasteiger charge is -2.33. The SMILES string of the molecule is Cc1ncc(C(=O)N2CCC(n3ncc4c3CNC4)CC2)c(C(C)C)n1. The van der Waals surface area contributed by atoms with Gasteiger partial charge < -0.3 is 10.2 Å². The second-order valence-corrected chi connectivity index (χ2v) is 7.56. The molecule has 0 spiro atoms. The molecule has 0 atom stereocenters. The fourth-order valence-corrected chi connectivity index (χ4v) is 3.97. The number of carbonyl (C=O) groups is 1. The molecule has 7 heteroatoms. The minimum atomic E-state index is 0.0551. The second kappa shape index (κ2) is 6.79. The van der Waals surface area contributed by atoms with Gasteiger partial charge in [0.05, 0.1) is 29.2 Å². The zero-order valence-electron chi connectivity index (χ0n) is 15.7. The Balaban J connectivity index is 1.47. The molecule has 0 aromatic carbocycles. The number of nitrogens with one attached hydrogen (secondary N) is 1. The van der Waals surface area contributed by atoms with Crippen molar-refractivity contribution < 1.29 is 4.79 Å². The van der Waals surface area contributed by atoms with E-state index in [0.29, 0.717) is 17.4 Å². The third-order valence-electron chi connectivity index (χ3n) is 5.41. The van der Waals surface area contributed by atoms with E-state index >= 15 is 0 Å². The Bertz CT molecular complexity index is 819. The first-order valence-corrected chi connectivity index (χ1v) is 9.43. The molecule has 0 saturated carbocycles. The van der Waals surface area contributed by atoms with Crippen LogP contribution in [0.3, 0.4) is 0 Å². The Morgan fingerprint density at radius 3 is 2.73 bits per heavy atom. The summed E-state index contributed by atoms with van der Waals surface area (Å²) in [5.41, 5.74) is 4.11. The van der Waals surface area contributed by atoms with Gasteiger partial charge in [-0.25, -0.2) is 9.97 Å². The molecule has 138 valence electrons. The van der Waals surface area contributed by atoms with Crippen molar-refractivity contribution in [2.24, 2.45) is 0 Å². The van der Waals surface area contributed by atoms with Crippen molar-refractivity contribution in [1.82, 2.24) is 30.0 Å². The Kier molecular flexibility index (Phi) is 4.48. The number of rotatable bonds is 3. The number of carbonyl (C=O) groups excluding carboxylic acids is 1. The molecule has 7 nitrogen and oxygen atoms in total. The van der Waals surface area contributed by atoms with E-state index < -0.39 is 0 Å². The summed E-state index contributed by atoms with van der Waals surface area (Å²) in [6, 6.07) is 0.376.